The molecule has 0 unspecified atom stereocenters. The first kappa shape index (κ1) is 28.7. The summed E-state index contributed by atoms with van der Waals surface area (Å²) in [7, 11) is 0. The highest BCUT2D eigenvalue weighted by molar-refractivity contribution is 5.94. The second kappa shape index (κ2) is 13.2. The SMILES string of the molecule is CC(=O)N1CCC(Cc2cc(C(=O)NC[C@H](O)CN3CCc4nc(OCc5ocnc5C)ccc4C3)ccn2)CC1. The Morgan fingerprint density at radius 3 is 2.78 bits per heavy atom. The van der Waals surface area contributed by atoms with Crippen molar-refractivity contribution in [1.29, 1.82) is 0 Å². The van der Waals surface area contributed by atoms with E-state index in [-0.39, 0.29) is 25.0 Å². The van der Waals surface area contributed by atoms with Crippen LogP contribution in [0.25, 0.3) is 0 Å². The Morgan fingerprint density at radius 1 is 1.20 bits per heavy atom. The number of carbonyl (C=O) groups excluding carboxylic acids is 2. The van der Waals surface area contributed by atoms with E-state index in [1.807, 2.05) is 30.0 Å². The van der Waals surface area contributed by atoms with Crippen molar-refractivity contribution < 1.29 is 23.8 Å². The number of aryl methyl sites for hydroxylation is 1. The van der Waals surface area contributed by atoms with Crippen LogP contribution in [0.1, 0.15) is 58.5 Å². The maximum Gasteiger partial charge on any atom is 0.251 e. The summed E-state index contributed by atoms with van der Waals surface area (Å²) < 4.78 is 11.1. The smallest absolute Gasteiger partial charge is 0.251 e. The molecule has 11 heteroatoms. The summed E-state index contributed by atoms with van der Waals surface area (Å²) in [5.74, 6) is 1.59. The lowest BCUT2D eigenvalue weighted by Gasteiger charge is -2.31. The third-order valence-electron chi connectivity index (χ3n) is 7.90. The van der Waals surface area contributed by atoms with E-state index in [0.29, 0.717) is 36.2 Å². The summed E-state index contributed by atoms with van der Waals surface area (Å²) in [5, 5.41) is 13.5. The average molecular weight is 563 g/mol. The fourth-order valence-corrected chi connectivity index (χ4v) is 5.45. The predicted octanol–water partition coefficient (Wildman–Crippen LogP) is 2.30. The monoisotopic (exact) mass is 562 g/mol. The first-order valence-corrected chi connectivity index (χ1v) is 14.2. The molecule has 0 saturated carbocycles. The van der Waals surface area contributed by atoms with Crippen molar-refractivity contribution in [2.24, 2.45) is 5.92 Å². The van der Waals surface area contributed by atoms with E-state index < -0.39 is 6.10 Å². The van der Waals surface area contributed by atoms with Gasteiger partial charge >= 0.3 is 0 Å². The van der Waals surface area contributed by atoms with Gasteiger partial charge in [-0.05, 0) is 49.8 Å². The van der Waals surface area contributed by atoms with Gasteiger partial charge in [0.05, 0.1) is 17.5 Å². The van der Waals surface area contributed by atoms with Crippen molar-refractivity contribution in [3.8, 4) is 5.88 Å². The third kappa shape index (κ3) is 7.68. The minimum atomic E-state index is -0.700. The van der Waals surface area contributed by atoms with Crippen molar-refractivity contribution in [3.63, 3.8) is 0 Å². The van der Waals surface area contributed by atoms with Crippen molar-refractivity contribution in [3.05, 3.63) is 70.8 Å². The fourth-order valence-electron chi connectivity index (χ4n) is 5.45. The summed E-state index contributed by atoms with van der Waals surface area (Å²) in [6, 6.07) is 7.39. The van der Waals surface area contributed by atoms with E-state index >= 15 is 0 Å². The Hall–Kier alpha value is -3.83. The zero-order chi connectivity index (χ0) is 28.8. The molecule has 3 aromatic rings. The predicted molar refractivity (Wildman–Crippen MR) is 150 cm³/mol. The van der Waals surface area contributed by atoms with Gasteiger partial charge in [0.25, 0.3) is 5.91 Å². The molecule has 2 aliphatic heterocycles. The fraction of sp³-hybridized carbons (Fsp3) is 0.500. The Labute approximate surface area is 239 Å². The van der Waals surface area contributed by atoms with E-state index in [1.54, 1.807) is 19.2 Å². The zero-order valence-electron chi connectivity index (χ0n) is 23.7. The largest absolute Gasteiger partial charge is 0.469 e. The lowest BCUT2D eigenvalue weighted by atomic mass is 9.91. The second-order valence-corrected chi connectivity index (χ2v) is 10.9. The maximum atomic E-state index is 12.8. The Morgan fingerprint density at radius 2 is 2.02 bits per heavy atom. The van der Waals surface area contributed by atoms with Gasteiger partial charge in [0, 0.05) is 76.1 Å². The topological polar surface area (TPSA) is 134 Å². The van der Waals surface area contributed by atoms with Crippen LogP contribution in [-0.4, -0.2) is 80.5 Å². The number of carbonyl (C=O) groups is 2. The lowest BCUT2D eigenvalue weighted by Crippen LogP contribution is -2.42. The number of hydrogen-bond acceptors (Lipinski definition) is 9. The van der Waals surface area contributed by atoms with Gasteiger partial charge in [-0.3, -0.25) is 19.5 Å². The van der Waals surface area contributed by atoms with Gasteiger partial charge in [-0.1, -0.05) is 6.07 Å². The molecule has 0 aromatic carbocycles. The summed E-state index contributed by atoms with van der Waals surface area (Å²) in [6.07, 6.45) is 5.79. The molecule has 2 N–H and O–H groups in total. The maximum absolute atomic E-state index is 12.8. The number of pyridine rings is 2. The van der Waals surface area contributed by atoms with E-state index in [0.717, 1.165) is 68.0 Å². The van der Waals surface area contributed by atoms with E-state index in [2.05, 4.69) is 25.2 Å². The summed E-state index contributed by atoms with van der Waals surface area (Å²) in [4.78, 5) is 41.6. The molecule has 5 rings (SSSR count). The number of nitrogens with one attached hydrogen (secondary N) is 1. The molecule has 5 heterocycles. The minimum absolute atomic E-state index is 0.124. The van der Waals surface area contributed by atoms with Crippen LogP contribution >= 0.6 is 0 Å². The molecular weight excluding hydrogens is 524 g/mol. The highest BCUT2D eigenvalue weighted by Gasteiger charge is 2.23. The number of aliphatic hydroxyl groups excluding tert-OH is 1. The second-order valence-electron chi connectivity index (χ2n) is 10.9. The molecule has 0 spiro atoms. The number of amides is 2. The third-order valence-corrected chi connectivity index (χ3v) is 7.90. The van der Waals surface area contributed by atoms with Gasteiger partial charge < -0.3 is 24.5 Å². The van der Waals surface area contributed by atoms with Gasteiger partial charge in [0.1, 0.15) is 6.61 Å². The van der Waals surface area contributed by atoms with Crippen LogP contribution in [-0.2, 0) is 30.8 Å². The lowest BCUT2D eigenvalue weighted by molar-refractivity contribution is -0.130. The van der Waals surface area contributed by atoms with Crippen LogP contribution in [0.5, 0.6) is 5.88 Å². The normalized spacial score (nSPS) is 16.7. The molecule has 0 aliphatic carbocycles. The van der Waals surface area contributed by atoms with Crippen LogP contribution in [0.3, 0.4) is 0 Å². The Balaban J connectivity index is 1.05. The standard InChI is InChI=1S/C30H38N6O5/c1-20-28(41-19-33-20)18-40-29-4-3-24-16-35(10-8-27(24)34-29)17-26(38)15-32-30(39)23-5-9-31-25(14-23)13-22-6-11-36(12-7-22)21(2)37/h3-5,9,14,19,22,26,38H,6-8,10-13,15-18H2,1-2H3,(H,32,39)/t26-/m0/s1. The van der Waals surface area contributed by atoms with E-state index in [4.69, 9.17) is 9.15 Å². The highest BCUT2D eigenvalue weighted by Crippen LogP contribution is 2.23. The first-order chi connectivity index (χ1) is 19.8. The molecular formula is C30H38N6O5. The molecule has 1 saturated heterocycles. The van der Waals surface area contributed by atoms with Gasteiger partial charge in [0.2, 0.25) is 11.8 Å². The van der Waals surface area contributed by atoms with Gasteiger partial charge in [-0.2, -0.15) is 0 Å². The molecule has 0 radical (unpaired) electrons. The Bertz CT molecular complexity index is 1350. The Kier molecular flexibility index (Phi) is 9.25. The average Bonchev–Trinajstić information content (AvgIpc) is 3.39. The number of likely N-dealkylation sites (tertiary alicyclic amines) is 1. The van der Waals surface area contributed by atoms with Crippen LogP contribution in [0, 0.1) is 12.8 Å². The number of hydrogen-bond donors (Lipinski definition) is 2. The number of oxazole rings is 1. The quantitative estimate of drug-likeness (QED) is 0.382. The van der Waals surface area contributed by atoms with Crippen molar-refractivity contribution in [2.45, 2.75) is 58.8 Å². The molecule has 41 heavy (non-hydrogen) atoms. The molecule has 0 bridgehead atoms. The molecule has 3 aromatic heterocycles. The molecule has 11 nitrogen and oxygen atoms in total. The summed E-state index contributed by atoms with van der Waals surface area (Å²) >= 11 is 0. The number of aliphatic hydroxyl groups is 1. The number of nitrogens with zero attached hydrogens (tertiary/aromatic N) is 5. The highest BCUT2D eigenvalue weighted by atomic mass is 16.5. The molecule has 218 valence electrons. The summed E-state index contributed by atoms with van der Waals surface area (Å²) in [5.41, 5.74) is 4.32. The van der Waals surface area contributed by atoms with Crippen molar-refractivity contribution >= 4 is 11.8 Å². The minimum Gasteiger partial charge on any atom is -0.469 e. The number of β-amino-alcohol motifs (C(OH)–C–C–N with tert-alkyl or cyclic N) is 1. The number of aromatic nitrogens is 3. The van der Waals surface area contributed by atoms with Gasteiger partial charge in [-0.15, -0.1) is 0 Å². The van der Waals surface area contributed by atoms with Crippen molar-refractivity contribution in [2.75, 3.05) is 32.7 Å². The number of piperidine rings is 1. The van der Waals surface area contributed by atoms with Crippen LogP contribution in [0.2, 0.25) is 0 Å². The van der Waals surface area contributed by atoms with Crippen molar-refractivity contribution in [1.82, 2.24) is 30.1 Å². The van der Waals surface area contributed by atoms with E-state index in [1.165, 1.54) is 6.39 Å². The molecule has 2 aliphatic rings. The first-order valence-electron chi connectivity index (χ1n) is 14.2. The number of rotatable bonds is 10. The van der Waals surface area contributed by atoms with Crippen LogP contribution < -0.4 is 10.1 Å². The van der Waals surface area contributed by atoms with Gasteiger partial charge in [-0.25, -0.2) is 9.97 Å². The van der Waals surface area contributed by atoms with Crippen LogP contribution in [0.15, 0.2) is 41.3 Å². The summed E-state index contributed by atoms with van der Waals surface area (Å²) in [6.45, 7) is 7.36. The van der Waals surface area contributed by atoms with E-state index in [9.17, 15) is 14.7 Å². The zero-order valence-corrected chi connectivity index (χ0v) is 23.7. The number of fused-ring (bicyclic) bond motifs is 1. The molecule has 2 amide bonds. The molecule has 1 fully saturated rings. The van der Waals surface area contributed by atoms with Crippen LogP contribution in [0.4, 0.5) is 0 Å². The number of ether oxygens (including phenoxy) is 1. The van der Waals surface area contributed by atoms with Gasteiger partial charge in [0.15, 0.2) is 12.2 Å². The molecule has 1 atom stereocenters.